The van der Waals surface area contributed by atoms with E-state index >= 15 is 0 Å². The lowest BCUT2D eigenvalue weighted by atomic mass is 9.48. The smallest absolute Gasteiger partial charge is 0.197 e. The molecule has 6 nitrogen and oxygen atoms in total. The number of aliphatic hydroxyl groups is 2. The number of quaternary nitrogens is 1. The van der Waals surface area contributed by atoms with E-state index in [9.17, 15) is 15.0 Å². The van der Waals surface area contributed by atoms with E-state index in [1.165, 1.54) is 18.4 Å². The van der Waals surface area contributed by atoms with Crippen molar-refractivity contribution in [1.29, 1.82) is 0 Å². The Labute approximate surface area is 190 Å². The number of aliphatic hydroxyl groups excluding tert-OH is 1. The third-order valence-corrected chi connectivity index (χ3v) is 9.20. The lowest BCUT2D eigenvalue weighted by Crippen LogP contribution is -2.80. The molecule has 174 valence electrons. The van der Waals surface area contributed by atoms with Crippen molar-refractivity contribution in [3.05, 3.63) is 23.3 Å². The summed E-state index contributed by atoms with van der Waals surface area (Å²) in [6.45, 7) is 6.16. The summed E-state index contributed by atoms with van der Waals surface area (Å²) in [5, 5.41) is 22.9. The Kier molecular flexibility index (Phi) is 4.39. The molecule has 2 bridgehead atoms. The SMILES string of the molecule is CC(C)CC(O)Oc1ccc2c3c1OC1C(=O)CCC4(O)C(C2)[N+](C)(CC2CC2)CCC314. The minimum absolute atomic E-state index is 0.0767. The van der Waals surface area contributed by atoms with Crippen molar-refractivity contribution in [3.63, 3.8) is 0 Å². The van der Waals surface area contributed by atoms with E-state index in [1.807, 2.05) is 19.9 Å². The van der Waals surface area contributed by atoms with Gasteiger partial charge < -0.3 is 24.2 Å². The fourth-order valence-corrected chi connectivity index (χ4v) is 7.62. The summed E-state index contributed by atoms with van der Waals surface area (Å²) in [4.78, 5) is 13.2. The summed E-state index contributed by atoms with van der Waals surface area (Å²) in [7, 11) is 2.32. The fraction of sp³-hybridized carbons (Fsp3) is 0.731. The van der Waals surface area contributed by atoms with Gasteiger partial charge in [0.25, 0.3) is 0 Å². The van der Waals surface area contributed by atoms with Gasteiger partial charge in [-0.05, 0) is 36.8 Å². The molecule has 0 radical (unpaired) electrons. The summed E-state index contributed by atoms with van der Waals surface area (Å²) in [5.41, 5.74) is 0.513. The van der Waals surface area contributed by atoms with Gasteiger partial charge in [0.05, 0.1) is 25.6 Å². The van der Waals surface area contributed by atoms with E-state index in [4.69, 9.17) is 9.47 Å². The highest BCUT2D eigenvalue weighted by molar-refractivity contribution is 5.90. The van der Waals surface area contributed by atoms with Crippen molar-refractivity contribution >= 4 is 5.78 Å². The molecule has 32 heavy (non-hydrogen) atoms. The molecule has 1 aromatic rings. The topological polar surface area (TPSA) is 76.0 Å². The van der Waals surface area contributed by atoms with Crippen LogP contribution in [0.4, 0.5) is 0 Å². The van der Waals surface area contributed by atoms with E-state index in [0.717, 1.165) is 41.9 Å². The molecule has 6 unspecified atom stereocenters. The summed E-state index contributed by atoms with van der Waals surface area (Å²) in [5.74, 6) is 2.24. The van der Waals surface area contributed by atoms with Gasteiger partial charge in [-0.1, -0.05) is 19.9 Å². The van der Waals surface area contributed by atoms with Crippen molar-refractivity contribution in [2.45, 2.75) is 88.2 Å². The molecule has 6 rings (SSSR count). The second-order valence-electron chi connectivity index (χ2n) is 11.8. The Morgan fingerprint density at radius 2 is 2.06 bits per heavy atom. The number of likely N-dealkylation sites (N-methyl/N-ethyl adjacent to an activating group) is 1. The molecule has 3 aliphatic carbocycles. The van der Waals surface area contributed by atoms with Crippen LogP contribution in [0.5, 0.6) is 11.5 Å². The molecule has 0 amide bonds. The van der Waals surface area contributed by atoms with Crippen LogP contribution in [0.3, 0.4) is 0 Å². The first-order chi connectivity index (χ1) is 15.2. The Bertz CT molecular complexity index is 973. The van der Waals surface area contributed by atoms with Crippen LogP contribution in [0.25, 0.3) is 0 Å². The second-order valence-corrected chi connectivity index (χ2v) is 11.8. The standard InChI is InChI=1S/C26H36NO5/c1-15(2)12-21(29)31-19-7-6-17-13-20-26(30)9-8-18(28)24-25(26,22(17)23(19)32-24)10-11-27(20,3)14-16-4-5-16/h6-7,15-16,20-21,24,29-30H,4-5,8-14H2,1-3H3/q+1. The van der Waals surface area contributed by atoms with Crippen LogP contribution in [0.1, 0.15) is 63.5 Å². The highest BCUT2D eigenvalue weighted by Gasteiger charge is 2.76. The molecule has 5 aliphatic rings. The maximum absolute atomic E-state index is 13.2. The van der Waals surface area contributed by atoms with E-state index < -0.39 is 23.4 Å². The van der Waals surface area contributed by atoms with Crippen LogP contribution in [0.15, 0.2) is 12.1 Å². The largest absolute Gasteiger partial charge is 0.477 e. The fourth-order valence-electron chi connectivity index (χ4n) is 7.62. The Hall–Kier alpha value is -1.63. The van der Waals surface area contributed by atoms with Gasteiger partial charge >= 0.3 is 0 Å². The van der Waals surface area contributed by atoms with Gasteiger partial charge in [0, 0.05) is 37.2 Å². The first kappa shape index (κ1) is 20.9. The van der Waals surface area contributed by atoms with E-state index in [1.54, 1.807) is 0 Å². The summed E-state index contributed by atoms with van der Waals surface area (Å²) >= 11 is 0. The number of ether oxygens (including phenoxy) is 2. The number of hydrogen-bond acceptors (Lipinski definition) is 5. The Morgan fingerprint density at radius 1 is 1.28 bits per heavy atom. The number of ketones is 1. The van der Waals surface area contributed by atoms with Gasteiger partial charge in [0.2, 0.25) is 0 Å². The second kappa shape index (κ2) is 6.71. The molecule has 1 spiro atoms. The average molecular weight is 443 g/mol. The summed E-state index contributed by atoms with van der Waals surface area (Å²) in [6.07, 6.45) is 3.95. The van der Waals surface area contributed by atoms with E-state index in [2.05, 4.69) is 13.1 Å². The molecule has 2 N–H and O–H groups in total. The van der Waals surface area contributed by atoms with Crippen molar-refractivity contribution < 1.29 is 29.0 Å². The number of piperidine rings is 1. The maximum Gasteiger partial charge on any atom is 0.197 e. The molecule has 2 aliphatic heterocycles. The molecule has 3 fully saturated rings. The number of likely N-dealkylation sites (tertiary alicyclic amines) is 1. The first-order valence-electron chi connectivity index (χ1n) is 12.4. The highest BCUT2D eigenvalue weighted by atomic mass is 16.6. The van der Waals surface area contributed by atoms with Crippen LogP contribution < -0.4 is 9.47 Å². The van der Waals surface area contributed by atoms with Crippen molar-refractivity contribution in [2.24, 2.45) is 11.8 Å². The van der Waals surface area contributed by atoms with Crippen LogP contribution in [-0.2, 0) is 16.6 Å². The third kappa shape index (κ3) is 2.66. The minimum atomic E-state index is -0.957. The van der Waals surface area contributed by atoms with Crippen LogP contribution >= 0.6 is 0 Å². The number of carbonyl (C=O) groups is 1. The van der Waals surface area contributed by atoms with Crippen molar-refractivity contribution in [1.82, 2.24) is 0 Å². The molecule has 1 aromatic carbocycles. The van der Waals surface area contributed by atoms with Crippen LogP contribution in [0, 0.1) is 11.8 Å². The zero-order valence-corrected chi connectivity index (χ0v) is 19.5. The molecule has 0 aromatic heterocycles. The zero-order chi connectivity index (χ0) is 22.5. The number of Topliss-reactive ketones (excluding diaryl/α,β-unsaturated/α-hetero) is 1. The Morgan fingerprint density at radius 3 is 2.78 bits per heavy atom. The summed E-state index contributed by atoms with van der Waals surface area (Å²) in [6, 6.07) is 4.05. The zero-order valence-electron chi connectivity index (χ0n) is 19.5. The van der Waals surface area contributed by atoms with Gasteiger partial charge in [0.15, 0.2) is 29.7 Å². The molecule has 6 atom stereocenters. The molecular formula is C26H36NO5+. The van der Waals surface area contributed by atoms with Gasteiger partial charge in [-0.25, -0.2) is 0 Å². The normalized spacial score (nSPS) is 40.1. The molecule has 2 saturated carbocycles. The lowest BCUT2D eigenvalue weighted by molar-refractivity contribution is -0.950. The monoisotopic (exact) mass is 442 g/mol. The number of benzene rings is 1. The number of carbonyl (C=O) groups excluding carboxylic acids is 1. The Balaban J connectivity index is 1.47. The highest BCUT2D eigenvalue weighted by Crippen LogP contribution is 2.66. The van der Waals surface area contributed by atoms with Gasteiger partial charge in [-0.2, -0.15) is 0 Å². The number of nitrogens with zero attached hydrogens (tertiary/aromatic N) is 1. The van der Waals surface area contributed by atoms with Gasteiger partial charge in [-0.3, -0.25) is 4.79 Å². The summed E-state index contributed by atoms with van der Waals surface area (Å²) < 4.78 is 13.2. The van der Waals surface area contributed by atoms with Gasteiger partial charge in [-0.15, -0.1) is 0 Å². The first-order valence-corrected chi connectivity index (χ1v) is 12.4. The number of hydrogen-bond donors (Lipinski definition) is 2. The van der Waals surface area contributed by atoms with Gasteiger partial charge in [0.1, 0.15) is 11.6 Å². The molecule has 2 heterocycles. The van der Waals surface area contributed by atoms with Crippen molar-refractivity contribution in [3.8, 4) is 11.5 Å². The van der Waals surface area contributed by atoms with E-state index in [-0.39, 0.29) is 11.8 Å². The van der Waals surface area contributed by atoms with Crippen LogP contribution in [-0.4, -0.2) is 64.7 Å². The predicted molar refractivity (Wildman–Crippen MR) is 119 cm³/mol. The average Bonchev–Trinajstić information content (AvgIpc) is 3.44. The molecule has 1 saturated heterocycles. The lowest BCUT2D eigenvalue weighted by Gasteiger charge is -2.64. The number of rotatable bonds is 6. The van der Waals surface area contributed by atoms with Crippen LogP contribution in [0.2, 0.25) is 0 Å². The predicted octanol–water partition coefficient (Wildman–Crippen LogP) is 2.71. The molecular weight excluding hydrogens is 406 g/mol. The van der Waals surface area contributed by atoms with E-state index in [0.29, 0.717) is 36.7 Å². The van der Waals surface area contributed by atoms with Crippen molar-refractivity contribution in [2.75, 3.05) is 20.1 Å². The third-order valence-electron chi connectivity index (χ3n) is 9.20. The molecule has 6 heteroatoms. The minimum Gasteiger partial charge on any atom is -0.477 e. The quantitative estimate of drug-likeness (QED) is 0.523. The maximum atomic E-state index is 13.2.